The van der Waals surface area contributed by atoms with Gasteiger partial charge in [0.2, 0.25) is 5.91 Å². The third-order valence-electron chi connectivity index (χ3n) is 3.34. The topological polar surface area (TPSA) is 75.4 Å². The van der Waals surface area contributed by atoms with Crippen molar-refractivity contribution in [2.24, 2.45) is 0 Å². The molecule has 1 aliphatic heterocycles. The third kappa shape index (κ3) is 3.26. The average Bonchev–Trinajstić information content (AvgIpc) is 2.40. The molecule has 1 heterocycles. The number of carbonyl (C=O) groups excluding carboxylic acids is 2. The van der Waals surface area contributed by atoms with E-state index in [4.69, 9.17) is 5.73 Å². The highest BCUT2D eigenvalue weighted by Crippen LogP contribution is 2.18. The number of benzene rings is 1. The first-order valence-corrected chi connectivity index (χ1v) is 6.59. The number of anilines is 1. The number of nitrogens with zero attached hydrogens (tertiary/aromatic N) is 1. The van der Waals surface area contributed by atoms with Gasteiger partial charge in [-0.3, -0.25) is 9.59 Å². The van der Waals surface area contributed by atoms with Gasteiger partial charge < -0.3 is 16.0 Å². The van der Waals surface area contributed by atoms with Gasteiger partial charge in [0.05, 0.1) is 5.56 Å². The number of hydrogen-bond donors (Lipinski definition) is 2. The lowest BCUT2D eigenvalue weighted by molar-refractivity contribution is -0.120. The summed E-state index contributed by atoms with van der Waals surface area (Å²) in [6.07, 6.45) is 1.60. The van der Waals surface area contributed by atoms with Crippen molar-refractivity contribution in [2.45, 2.75) is 25.8 Å². The van der Waals surface area contributed by atoms with E-state index in [9.17, 15) is 14.0 Å². The quantitative estimate of drug-likeness (QED) is 0.797. The number of carbonyl (C=O) groups is 2. The van der Waals surface area contributed by atoms with Crippen molar-refractivity contribution in [1.29, 1.82) is 0 Å². The van der Waals surface area contributed by atoms with Crippen LogP contribution >= 0.6 is 0 Å². The number of nitrogens with one attached hydrogen (secondary N) is 1. The molecule has 0 spiro atoms. The molecule has 1 unspecified atom stereocenters. The summed E-state index contributed by atoms with van der Waals surface area (Å²) >= 11 is 0. The Kier molecular flexibility index (Phi) is 4.22. The van der Waals surface area contributed by atoms with Gasteiger partial charge in [0.25, 0.3) is 5.91 Å². The number of hydrogen-bond acceptors (Lipinski definition) is 3. The van der Waals surface area contributed by atoms with E-state index in [0.717, 1.165) is 12.8 Å². The first kappa shape index (κ1) is 14.3. The van der Waals surface area contributed by atoms with Crippen LogP contribution in [0.3, 0.4) is 0 Å². The predicted molar refractivity (Wildman–Crippen MR) is 73.6 cm³/mol. The molecule has 0 radical (unpaired) electrons. The fourth-order valence-electron chi connectivity index (χ4n) is 2.44. The number of nitrogen functional groups attached to an aromatic ring is 1. The van der Waals surface area contributed by atoms with E-state index < -0.39 is 5.82 Å². The van der Waals surface area contributed by atoms with Gasteiger partial charge in [-0.2, -0.15) is 0 Å². The zero-order chi connectivity index (χ0) is 14.7. The van der Waals surface area contributed by atoms with Crippen LogP contribution in [0.15, 0.2) is 18.2 Å². The molecule has 2 amide bonds. The van der Waals surface area contributed by atoms with Crippen LogP contribution in [0.5, 0.6) is 0 Å². The van der Waals surface area contributed by atoms with E-state index in [-0.39, 0.29) is 23.4 Å². The summed E-state index contributed by atoms with van der Waals surface area (Å²) in [5, 5.41) is 2.79. The van der Waals surface area contributed by atoms with Gasteiger partial charge in [-0.25, -0.2) is 4.39 Å². The fourth-order valence-corrected chi connectivity index (χ4v) is 2.44. The summed E-state index contributed by atoms with van der Waals surface area (Å²) in [5.74, 6) is -1.09. The molecule has 0 bridgehead atoms. The highest BCUT2D eigenvalue weighted by Gasteiger charge is 2.26. The SMILES string of the molecule is CC(=O)NC1CCCN(C(=O)c2cc(N)ccc2F)C1. The Morgan fingerprint density at radius 1 is 1.45 bits per heavy atom. The first-order chi connectivity index (χ1) is 9.47. The van der Waals surface area contributed by atoms with Gasteiger partial charge in [0.15, 0.2) is 0 Å². The number of amides is 2. The molecule has 108 valence electrons. The Morgan fingerprint density at radius 2 is 2.20 bits per heavy atom. The third-order valence-corrected chi connectivity index (χ3v) is 3.34. The molecule has 1 aromatic rings. The lowest BCUT2D eigenvalue weighted by atomic mass is 10.0. The summed E-state index contributed by atoms with van der Waals surface area (Å²) in [6, 6.07) is 3.88. The molecule has 1 aromatic carbocycles. The van der Waals surface area contributed by atoms with Gasteiger partial charge in [-0.05, 0) is 31.0 Å². The average molecular weight is 279 g/mol. The Labute approximate surface area is 116 Å². The van der Waals surface area contributed by atoms with E-state index >= 15 is 0 Å². The van der Waals surface area contributed by atoms with Gasteiger partial charge in [-0.15, -0.1) is 0 Å². The molecule has 6 heteroatoms. The molecule has 0 aromatic heterocycles. The second-order valence-corrected chi connectivity index (χ2v) is 5.03. The molecule has 3 N–H and O–H groups in total. The Balaban J connectivity index is 2.12. The zero-order valence-electron chi connectivity index (χ0n) is 11.4. The summed E-state index contributed by atoms with van der Waals surface area (Å²) in [4.78, 5) is 24.9. The monoisotopic (exact) mass is 279 g/mol. The Hall–Kier alpha value is -2.11. The molecular weight excluding hydrogens is 261 g/mol. The zero-order valence-corrected chi connectivity index (χ0v) is 11.4. The summed E-state index contributed by atoms with van der Waals surface area (Å²) < 4.78 is 13.7. The van der Waals surface area contributed by atoms with Crippen molar-refractivity contribution < 1.29 is 14.0 Å². The van der Waals surface area contributed by atoms with Crippen LogP contribution in [0, 0.1) is 5.82 Å². The van der Waals surface area contributed by atoms with Gasteiger partial charge in [-0.1, -0.05) is 0 Å². The molecule has 0 saturated carbocycles. The van der Waals surface area contributed by atoms with Crippen LogP contribution in [-0.2, 0) is 4.79 Å². The largest absolute Gasteiger partial charge is 0.399 e. The molecule has 0 aliphatic carbocycles. The van der Waals surface area contributed by atoms with E-state index in [1.807, 2.05) is 0 Å². The highest BCUT2D eigenvalue weighted by molar-refractivity contribution is 5.95. The molecular formula is C14H18FN3O2. The number of likely N-dealkylation sites (tertiary alicyclic amines) is 1. The van der Waals surface area contributed by atoms with Crippen LogP contribution in [0.1, 0.15) is 30.1 Å². The van der Waals surface area contributed by atoms with Crippen LogP contribution in [0.4, 0.5) is 10.1 Å². The van der Waals surface area contributed by atoms with Crippen LogP contribution in [0.25, 0.3) is 0 Å². The maximum atomic E-state index is 13.7. The van der Waals surface area contributed by atoms with Crippen molar-refractivity contribution in [3.63, 3.8) is 0 Å². The number of nitrogens with two attached hydrogens (primary N) is 1. The molecule has 5 nitrogen and oxygen atoms in total. The van der Waals surface area contributed by atoms with E-state index in [2.05, 4.69) is 5.32 Å². The molecule has 2 rings (SSSR count). The molecule has 1 aliphatic rings. The minimum Gasteiger partial charge on any atom is -0.399 e. The molecule has 20 heavy (non-hydrogen) atoms. The number of rotatable bonds is 2. The van der Waals surface area contributed by atoms with Crippen LogP contribution in [0.2, 0.25) is 0 Å². The second-order valence-electron chi connectivity index (χ2n) is 5.03. The maximum absolute atomic E-state index is 13.7. The smallest absolute Gasteiger partial charge is 0.256 e. The van der Waals surface area contributed by atoms with Crippen LogP contribution < -0.4 is 11.1 Å². The van der Waals surface area contributed by atoms with Gasteiger partial charge >= 0.3 is 0 Å². The van der Waals surface area contributed by atoms with Crippen molar-refractivity contribution in [2.75, 3.05) is 18.8 Å². The fraction of sp³-hybridized carbons (Fsp3) is 0.429. The lowest BCUT2D eigenvalue weighted by Gasteiger charge is -2.33. The standard InChI is InChI=1S/C14H18FN3O2/c1-9(19)17-11-3-2-6-18(8-11)14(20)12-7-10(16)4-5-13(12)15/h4-5,7,11H,2-3,6,8,16H2,1H3,(H,17,19). The second kappa shape index (κ2) is 5.90. The van der Waals surface area contributed by atoms with Crippen molar-refractivity contribution in [3.8, 4) is 0 Å². The normalized spacial score (nSPS) is 18.7. The highest BCUT2D eigenvalue weighted by atomic mass is 19.1. The van der Waals surface area contributed by atoms with Crippen molar-refractivity contribution in [1.82, 2.24) is 10.2 Å². The minimum atomic E-state index is -0.578. The van der Waals surface area contributed by atoms with E-state index in [1.54, 1.807) is 4.90 Å². The Bertz CT molecular complexity index is 533. The van der Waals surface area contributed by atoms with Gasteiger partial charge in [0.1, 0.15) is 5.82 Å². The summed E-state index contributed by atoms with van der Waals surface area (Å²) in [7, 11) is 0. The predicted octanol–water partition coefficient (Wildman–Crippen LogP) is 1.15. The number of halogens is 1. The summed E-state index contributed by atoms with van der Waals surface area (Å²) in [5.41, 5.74) is 5.93. The Morgan fingerprint density at radius 3 is 2.90 bits per heavy atom. The van der Waals surface area contributed by atoms with Crippen molar-refractivity contribution in [3.05, 3.63) is 29.6 Å². The van der Waals surface area contributed by atoms with Gasteiger partial charge in [0, 0.05) is 31.7 Å². The maximum Gasteiger partial charge on any atom is 0.256 e. The van der Waals surface area contributed by atoms with Crippen molar-refractivity contribution >= 4 is 17.5 Å². The minimum absolute atomic E-state index is 0.0199. The van der Waals surface area contributed by atoms with E-state index in [1.165, 1.54) is 25.1 Å². The van der Waals surface area contributed by atoms with Crippen LogP contribution in [-0.4, -0.2) is 35.8 Å². The summed E-state index contributed by atoms with van der Waals surface area (Å²) in [6.45, 7) is 2.40. The van der Waals surface area contributed by atoms with E-state index in [0.29, 0.717) is 18.8 Å². The molecule has 1 atom stereocenters. The molecule has 1 fully saturated rings. The first-order valence-electron chi connectivity index (χ1n) is 6.59. The molecule has 1 saturated heterocycles. The lowest BCUT2D eigenvalue weighted by Crippen LogP contribution is -2.49. The number of piperidine rings is 1.